The van der Waals surface area contributed by atoms with Gasteiger partial charge in [-0.25, -0.2) is 0 Å². The van der Waals surface area contributed by atoms with Gasteiger partial charge in [0.2, 0.25) is 5.91 Å². The van der Waals surface area contributed by atoms with Crippen LogP contribution < -0.4 is 16.4 Å². The second kappa shape index (κ2) is 7.65. The highest BCUT2D eigenvalue weighted by atomic mass is 35.5. The third-order valence-electron chi connectivity index (χ3n) is 3.36. The summed E-state index contributed by atoms with van der Waals surface area (Å²) in [4.78, 5) is 23.4. The fourth-order valence-electron chi connectivity index (χ4n) is 2.18. The number of carbonyl (C=O) groups is 2. The summed E-state index contributed by atoms with van der Waals surface area (Å²) in [5.41, 5.74) is 7.10. The van der Waals surface area contributed by atoms with Crippen molar-refractivity contribution in [2.24, 2.45) is 5.73 Å². The molecule has 0 heterocycles. The van der Waals surface area contributed by atoms with E-state index in [1.165, 1.54) is 0 Å². The fraction of sp³-hybridized carbons (Fsp3) is 0.176. The minimum Gasteiger partial charge on any atom is -0.376 e. The maximum atomic E-state index is 12.0. The lowest BCUT2D eigenvalue weighted by Gasteiger charge is -2.16. The number of anilines is 1. The molecule has 0 saturated heterocycles. The average Bonchev–Trinajstić information content (AvgIpc) is 2.53. The Morgan fingerprint density at radius 2 is 1.91 bits per heavy atom. The summed E-state index contributed by atoms with van der Waals surface area (Å²) in [5, 5.41) is 6.41. The minimum absolute atomic E-state index is 0.0369. The number of hydrogen-bond donors (Lipinski definition) is 3. The Morgan fingerprint density at radius 3 is 2.61 bits per heavy atom. The van der Waals surface area contributed by atoms with Gasteiger partial charge in [-0.3, -0.25) is 9.59 Å². The highest BCUT2D eigenvalue weighted by molar-refractivity contribution is 6.30. The van der Waals surface area contributed by atoms with E-state index in [1.807, 2.05) is 25.1 Å². The topological polar surface area (TPSA) is 84.2 Å². The molecule has 0 aliphatic heterocycles. The van der Waals surface area contributed by atoms with Crippen LogP contribution in [0.15, 0.2) is 48.5 Å². The van der Waals surface area contributed by atoms with Gasteiger partial charge in [-0.1, -0.05) is 35.9 Å². The molecule has 0 aliphatic rings. The van der Waals surface area contributed by atoms with Gasteiger partial charge in [0.1, 0.15) is 0 Å². The number of hydrogen-bond acceptors (Lipinski definition) is 3. The van der Waals surface area contributed by atoms with Gasteiger partial charge in [0, 0.05) is 10.7 Å². The predicted octanol–water partition coefficient (Wildman–Crippen LogP) is 2.73. The van der Waals surface area contributed by atoms with E-state index in [9.17, 15) is 9.59 Å². The monoisotopic (exact) mass is 331 g/mol. The van der Waals surface area contributed by atoms with E-state index in [4.69, 9.17) is 17.3 Å². The number of carbonyl (C=O) groups excluding carboxylic acids is 2. The number of primary amides is 1. The Balaban J connectivity index is 1.94. The van der Waals surface area contributed by atoms with Crippen molar-refractivity contribution in [3.8, 4) is 0 Å². The highest BCUT2D eigenvalue weighted by Crippen LogP contribution is 2.17. The number of rotatable bonds is 6. The average molecular weight is 332 g/mol. The molecule has 120 valence electrons. The van der Waals surface area contributed by atoms with E-state index in [0.29, 0.717) is 16.3 Å². The molecule has 0 spiro atoms. The van der Waals surface area contributed by atoms with Crippen LogP contribution in [0, 0.1) is 0 Å². The molecule has 0 bridgehead atoms. The molecule has 2 aromatic rings. The van der Waals surface area contributed by atoms with Gasteiger partial charge in [0.05, 0.1) is 18.2 Å². The maximum Gasteiger partial charge on any atom is 0.250 e. The Hall–Kier alpha value is -2.53. The van der Waals surface area contributed by atoms with Gasteiger partial charge >= 0.3 is 0 Å². The van der Waals surface area contributed by atoms with E-state index < -0.39 is 5.91 Å². The minimum atomic E-state index is -0.541. The molecule has 0 saturated carbocycles. The number of halogens is 1. The van der Waals surface area contributed by atoms with Crippen molar-refractivity contribution in [2.45, 2.75) is 13.0 Å². The molecule has 0 aromatic heterocycles. The first-order valence-electron chi connectivity index (χ1n) is 7.15. The van der Waals surface area contributed by atoms with Crippen molar-refractivity contribution < 1.29 is 9.59 Å². The number of amides is 2. The summed E-state index contributed by atoms with van der Waals surface area (Å²) < 4.78 is 0. The fourth-order valence-corrected chi connectivity index (χ4v) is 2.38. The highest BCUT2D eigenvalue weighted by Gasteiger charge is 2.11. The van der Waals surface area contributed by atoms with Gasteiger partial charge in [-0.05, 0) is 36.8 Å². The van der Waals surface area contributed by atoms with E-state index >= 15 is 0 Å². The summed E-state index contributed by atoms with van der Waals surface area (Å²) in [7, 11) is 0. The first-order chi connectivity index (χ1) is 11.0. The molecule has 1 unspecified atom stereocenters. The van der Waals surface area contributed by atoms with Gasteiger partial charge < -0.3 is 16.4 Å². The standard InChI is InChI=1S/C17H18ClN3O2/c1-11(12-5-4-6-13(18)9-12)21-16(22)10-20-15-8-3-2-7-14(15)17(19)23/h2-9,11,20H,10H2,1H3,(H2,19,23)(H,21,22). The van der Waals surface area contributed by atoms with Crippen molar-refractivity contribution in [3.05, 3.63) is 64.7 Å². The van der Waals surface area contributed by atoms with Crippen LogP contribution in [0.1, 0.15) is 28.9 Å². The Morgan fingerprint density at radius 1 is 1.17 bits per heavy atom. The molecule has 2 aromatic carbocycles. The van der Waals surface area contributed by atoms with E-state index in [1.54, 1.807) is 30.3 Å². The summed E-state index contributed by atoms with van der Waals surface area (Å²) in [6, 6.07) is 13.9. The van der Waals surface area contributed by atoms with Crippen LogP contribution in [0.2, 0.25) is 5.02 Å². The van der Waals surface area contributed by atoms with E-state index in [-0.39, 0.29) is 18.5 Å². The molecule has 4 N–H and O–H groups in total. The largest absolute Gasteiger partial charge is 0.376 e. The van der Waals surface area contributed by atoms with E-state index in [2.05, 4.69) is 10.6 Å². The summed E-state index contributed by atoms with van der Waals surface area (Å²) in [6.07, 6.45) is 0. The molecule has 2 rings (SSSR count). The number of nitrogens with two attached hydrogens (primary N) is 1. The molecule has 5 nitrogen and oxygen atoms in total. The first kappa shape index (κ1) is 16.8. The summed E-state index contributed by atoms with van der Waals surface area (Å²) in [6.45, 7) is 1.91. The van der Waals surface area contributed by atoms with Gasteiger partial charge in [0.25, 0.3) is 5.91 Å². The van der Waals surface area contributed by atoms with Gasteiger partial charge in [-0.15, -0.1) is 0 Å². The zero-order valence-corrected chi connectivity index (χ0v) is 13.4. The van der Waals surface area contributed by atoms with Crippen LogP contribution in [0.3, 0.4) is 0 Å². The second-order valence-electron chi connectivity index (χ2n) is 5.11. The van der Waals surface area contributed by atoms with Crippen molar-refractivity contribution >= 4 is 29.1 Å². The maximum absolute atomic E-state index is 12.0. The van der Waals surface area contributed by atoms with Crippen molar-refractivity contribution in [1.82, 2.24) is 5.32 Å². The normalized spacial score (nSPS) is 11.6. The molecule has 0 fully saturated rings. The van der Waals surface area contributed by atoms with Gasteiger partial charge in [-0.2, -0.15) is 0 Å². The Labute approximate surface area is 139 Å². The smallest absolute Gasteiger partial charge is 0.250 e. The molecule has 0 aliphatic carbocycles. The molecule has 1 atom stereocenters. The van der Waals surface area contributed by atoms with Crippen LogP contribution in [0.5, 0.6) is 0 Å². The van der Waals surface area contributed by atoms with E-state index in [0.717, 1.165) is 5.56 Å². The molecule has 2 amide bonds. The Kier molecular flexibility index (Phi) is 5.60. The molecular weight excluding hydrogens is 314 g/mol. The molecule has 23 heavy (non-hydrogen) atoms. The first-order valence-corrected chi connectivity index (χ1v) is 7.52. The number of para-hydroxylation sites is 1. The third kappa shape index (κ3) is 4.72. The lowest BCUT2D eigenvalue weighted by atomic mass is 10.1. The lowest BCUT2D eigenvalue weighted by molar-refractivity contribution is -0.120. The SMILES string of the molecule is CC(NC(=O)CNc1ccccc1C(N)=O)c1cccc(Cl)c1. The van der Waals surface area contributed by atoms with Crippen LogP contribution >= 0.6 is 11.6 Å². The van der Waals surface area contributed by atoms with Crippen LogP contribution in [0.25, 0.3) is 0 Å². The molecular formula is C17H18ClN3O2. The zero-order valence-electron chi connectivity index (χ0n) is 12.7. The summed E-state index contributed by atoms with van der Waals surface area (Å²) in [5.74, 6) is -0.738. The second-order valence-corrected chi connectivity index (χ2v) is 5.54. The van der Waals surface area contributed by atoms with Crippen LogP contribution in [0.4, 0.5) is 5.69 Å². The predicted molar refractivity (Wildman–Crippen MR) is 91.5 cm³/mol. The van der Waals surface area contributed by atoms with Crippen LogP contribution in [-0.2, 0) is 4.79 Å². The quantitative estimate of drug-likeness (QED) is 0.761. The number of benzene rings is 2. The number of nitrogens with one attached hydrogen (secondary N) is 2. The zero-order chi connectivity index (χ0) is 16.8. The Bertz CT molecular complexity index is 718. The van der Waals surface area contributed by atoms with Crippen molar-refractivity contribution in [1.29, 1.82) is 0 Å². The van der Waals surface area contributed by atoms with Gasteiger partial charge in [0.15, 0.2) is 0 Å². The van der Waals surface area contributed by atoms with Crippen LogP contribution in [-0.4, -0.2) is 18.4 Å². The molecule has 6 heteroatoms. The lowest BCUT2D eigenvalue weighted by Crippen LogP contribution is -2.32. The summed E-state index contributed by atoms with van der Waals surface area (Å²) >= 11 is 5.94. The van der Waals surface area contributed by atoms with Crippen molar-refractivity contribution in [2.75, 3.05) is 11.9 Å². The van der Waals surface area contributed by atoms with Crippen molar-refractivity contribution in [3.63, 3.8) is 0 Å². The third-order valence-corrected chi connectivity index (χ3v) is 3.59. The molecule has 0 radical (unpaired) electrons.